The molecule has 25 heavy (non-hydrogen) atoms. The largest absolute Gasteiger partial charge is 0.344 e. The van der Waals surface area contributed by atoms with Crippen LogP contribution in [0.15, 0.2) is 35.1 Å². The van der Waals surface area contributed by atoms with E-state index in [1.165, 1.54) is 12.1 Å². The highest BCUT2D eigenvalue weighted by atomic mass is 19.2. The van der Waals surface area contributed by atoms with Gasteiger partial charge in [0, 0.05) is 29.8 Å². The lowest BCUT2D eigenvalue weighted by Gasteiger charge is -2.06. The molecule has 4 rings (SSSR count). The van der Waals surface area contributed by atoms with Crippen LogP contribution in [-0.4, -0.2) is 9.38 Å². The Labute approximate surface area is 142 Å². The van der Waals surface area contributed by atoms with Gasteiger partial charge in [0.2, 0.25) is 0 Å². The summed E-state index contributed by atoms with van der Waals surface area (Å²) in [7, 11) is 0. The van der Waals surface area contributed by atoms with Crippen molar-refractivity contribution in [3.05, 3.63) is 74.8 Å². The molecule has 2 aromatic heterocycles. The van der Waals surface area contributed by atoms with Gasteiger partial charge in [-0.15, -0.1) is 0 Å². The summed E-state index contributed by atoms with van der Waals surface area (Å²) >= 11 is 0. The second-order valence-electron chi connectivity index (χ2n) is 6.57. The standard InChI is InChI=1S/C19H15F2N3O/c1-10-4-17-23-13(5-11-2-3-15(20)16(21)6-11)8-18(25)24(17)19(10)14-7-12(14)9-22/h2-4,6,8,12,14,23H,5,7H2,1H3. The average Bonchev–Trinajstić information content (AvgIpc) is 3.26. The first-order valence-electron chi connectivity index (χ1n) is 8.05. The number of halogens is 2. The van der Waals surface area contributed by atoms with Crippen LogP contribution in [0.3, 0.4) is 0 Å². The number of aromatic amines is 1. The molecule has 0 spiro atoms. The first kappa shape index (κ1) is 15.6. The van der Waals surface area contributed by atoms with Crippen LogP contribution in [-0.2, 0) is 6.42 Å². The van der Waals surface area contributed by atoms with Gasteiger partial charge in [0.05, 0.1) is 12.0 Å². The van der Waals surface area contributed by atoms with E-state index in [1.54, 1.807) is 4.40 Å². The van der Waals surface area contributed by atoms with Gasteiger partial charge in [0.25, 0.3) is 5.56 Å². The van der Waals surface area contributed by atoms with Crippen LogP contribution in [0.4, 0.5) is 8.78 Å². The zero-order valence-corrected chi connectivity index (χ0v) is 13.5. The molecule has 0 aliphatic heterocycles. The summed E-state index contributed by atoms with van der Waals surface area (Å²) in [5.41, 5.74) is 3.54. The number of aryl methyl sites for hydroxylation is 1. The van der Waals surface area contributed by atoms with Crippen LogP contribution in [0.1, 0.15) is 34.9 Å². The molecule has 126 valence electrons. The molecule has 6 heteroatoms. The maximum absolute atomic E-state index is 13.4. The molecule has 1 saturated carbocycles. The number of H-pyrrole nitrogens is 1. The van der Waals surface area contributed by atoms with E-state index in [9.17, 15) is 13.6 Å². The van der Waals surface area contributed by atoms with E-state index in [0.29, 0.717) is 23.3 Å². The zero-order valence-electron chi connectivity index (χ0n) is 13.5. The fourth-order valence-electron chi connectivity index (χ4n) is 3.46. The summed E-state index contributed by atoms with van der Waals surface area (Å²) in [4.78, 5) is 15.8. The molecule has 2 unspecified atom stereocenters. The van der Waals surface area contributed by atoms with Gasteiger partial charge in [-0.2, -0.15) is 5.26 Å². The Balaban J connectivity index is 1.74. The lowest BCUT2D eigenvalue weighted by atomic mass is 10.1. The van der Waals surface area contributed by atoms with Crippen molar-refractivity contribution in [2.75, 3.05) is 0 Å². The highest BCUT2D eigenvalue weighted by Crippen LogP contribution is 2.48. The summed E-state index contributed by atoms with van der Waals surface area (Å²) in [6, 6.07) is 9.32. The van der Waals surface area contributed by atoms with Gasteiger partial charge in [-0.3, -0.25) is 9.20 Å². The maximum Gasteiger partial charge on any atom is 0.258 e. The summed E-state index contributed by atoms with van der Waals surface area (Å²) in [5.74, 6) is -1.72. The maximum atomic E-state index is 13.4. The fraction of sp³-hybridized carbons (Fsp3) is 0.263. The van der Waals surface area contributed by atoms with Gasteiger partial charge >= 0.3 is 0 Å². The molecule has 4 nitrogen and oxygen atoms in total. The van der Waals surface area contributed by atoms with E-state index < -0.39 is 11.6 Å². The number of nitrogens with one attached hydrogen (secondary N) is 1. The van der Waals surface area contributed by atoms with Crippen LogP contribution in [0.2, 0.25) is 0 Å². The van der Waals surface area contributed by atoms with Gasteiger partial charge in [-0.1, -0.05) is 6.07 Å². The Kier molecular flexibility index (Phi) is 3.46. The number of aromatic nitrogens is 2. The van der Waals surface area contributed by atoms with Gasteiger partial charge in [-0.05, 0) is 42.7 Å². The van der Waals surface area contributed by atoms with Crippen LogP contribution in [0.25, 0.3) is 5.65 Å². The summed E-state index contributed by atoms with van der Waals surface area (Å²) in [6.07, 6.45) is 1.08. The molecule has 1 aromatic carbocycles. The molecular formula is C19H15F2N3O. The van der Waals surface area contributed by atoms with Gasteiger partial charge in [0.1, 0.15) is 5.65 Å². The predicted octanol–water partition coefficient (Wildman–Crippen LogP) is 3.43. The minimum absolute atomic E-state index is 0.0296. The number of rotatable bonds is 3. The molecule has 0 amide bonds. The molecule has 2 atom stereocenters. The van der Waals surface area contributed by atoms with Crippen molar-refractivity contribution in [3.8, 4) is 6.07 Å². The molecule has 1 N–H and O–H groups in total. The van der Waals surface area contributed by atoms with E-state index in [-0.39, 0.29) is 17.4 Å². The third kappa shape index (κ3) is 2.62. The zero-order chi connectivity index (χ0) is 17.7. The normalized spacial score (nSPS) is 19.1. The fourth-order valence-corrected chi connectivity index (χ4v) is 3.46. The SMILES string of the molecule is Cc1cc2[nH]c(Cc3ccc(F)c(F)c3)cc(=O)n2c1C1CC1C#N. The monoisotopic (exact) mass is 339 g/mol. The Bertz CT molecular complexity index is 1090. The molecule has 1 aliphatic rings. The number of nitrogens with zero attached hydrogens (tertiary/aromatic N) is 2. The Morgan fingerprint density at radius 3 is 2.76 bits per heavy atom. The third-order valence-electron chi connectivity index (χ3n) is 4.73. The molecular weight excluding hydrogens is 324 g/mol. The summed E-state index contributed by atoms with van der Waals surface area (Å²) < 4.78 is 28.0. The molecule has 1 fully saturated rings. The smallest absolute Gasteiger partial charge is 0.258 e. The minimum atomic E-state index is -0.905. The molecule has 1 aliphatic carbocycles. The number of hydrogen-bond donors (Lipinski definition) is 1. The second kappa shape index (κ2) is 5.55. The van der Waals surface area contributed by atoms with E-state index in [1.807, 2.05) is 13.0 Å². The quantitative estimate of drug-likeness (QED) is 0.795. The number of benzene rings is 1. The van der Waals surface area contributed by atoms with Crippen molar-refractivity contribution >= 4 is 5.65 Å². The number of fused-ring (bicyclic) bond motifs is 1. The first-order chi connectivity index (χ1) is 12.0. The van der Waals surface area contributed by atoms with E-state index in [0.717, 1.165) is 29.8 Å². The van der Waals surface area contributed by atoms with Crippen molar-refractivity contribution in [3.63, 3.8) is 0 Å². The summed E-state index contributed by atoms with van der Waals surface area (Å²) in [5, 5.41) is 9.06. The van der Waals surface area contributed by atoms with Crippen molar-refractivity contribution in [1.82, 2.24) is 9.38 Å². The molecule has 3 aromatic rings. The second-order valence-corrected chi connectivity index (χ2v) is 6.57. The van der Waals surface area contributed by atoms with E-state index in [2.05, 4.69) is 11.1 Å². The van der Waals surface area contributed by atoms with Crippen LogP contribution in [0.5, 0.6) is 0 Å². The first-order valence-corrected chi connectivity index (χ1v) is 8.05. The van der Waals surface area contributed by atoms with Crippen molar-refractivity contribution in [2.24, 2.45) is 5.92 Å². The topological polar surface area (TPSA) is 61.1 Å². The minimum Gasteiger partial charge on any atom is -0.344 e. The van der Waals surface area contributed by atoms with E-state index >= 15 is 0 Å². The molecule has 0 radical (unpaired) electrons. The predicted molar refractivity (Wildman–Crippen MR) is 88.4 cm³/mol. The highest BCUT2D eigenvalue weighted by molar-refractivity contribution is 5.50. The molecule has 0 saturated heterocycles. The van der Waals surface area contributed by atoms with Crippen LogP contribution in [0, 0.1) is 35.8 Å². The highest BCUT2D eigenvalue weighted by Gasteiger charge is 2.41. The van der Waals surface area contributed by atoms with Crippen LogP contribution >= 0.6 is 0 Å². The van der Waals surface area contributed by atoms with Gasteiger partial charge in [-0.25, -0.2) is 8.78 Å². The molecule has 0 bridgehead atoms. The molecule has 2 heterocycles. The van der Waals surface area contributed by atoms with Crippen LogP contribution < -0.4 is 5.56 Å². The van der Waals surface area contributed by atoms with Crippen molar-refractivity contribution in [2.45, 2.75) is 25.7 Å². The lowest BCUT2D eigenvalue weighted by molar-refractivity contribution is 0.507. The summed E-state index contributed by atoms with van der Waals surface area (Å²) in [6.45, 7) is 1.93. The Hall–Kier alpha value is -2.94. The Morgan fingerprint density at radius 1 is 1.28 bits per heavy atom. The number of hydrogen-bond acceptors (Lipinski definition) is 2. The average molecular weight is 339 g/mol. The van der Waals surface area contributed by atoms with E-state index in [4.69, 9.17) is 5.26 Å². The van der Waals surface area contributed by atoms with Gasteiger partial charge < -0.3 is 4.98 Å². The van der Waals surface area contributed by atoms with Crippen molar-refractivity contribution < 1.29 is 8.78 Å². The number of nitriles is 1. The Morgan fingerprint density at radius 2 is 2.08 bits per heavy atom. The van der Waals surface area contributed by atoms with Crippen molar-refractivity contribution in [1.29, 1.82) is 5.26 Å². The third-order valence-corrected chi connectivity index (χ3v) is 4.73. The van der Waals surface area contributed by atoms with Gasteiger partial charge in [0.15, 0.2) is 11.6 Å². The lowest BCUT2D eigenvalue weighted by Crippen LogP contribution is -2.16.